The summed E-state index contributed by atoms with van der Waals surface area (Å²) in [4.78, 5) is 16.2. The number of aromatic nitrogens is 1. The summed E-state index contributed by atoms with van der Waals surface area (Å²) in [7, 11) is 0. The van der Waals surface area contributed by atoms with Crippen LogP contribution in [0.2, 0.25) is 0 Å². The van der Waals surface area contributed by atoms with E-state index in [4.69, 9.17) is 5.73 Å². The molecule has 1 aromatic heterocycles. The Morgan fingerprint density at radius 1 is 1.35 bits per heavy atom. The van der Waals surface area contributed by atoms with Gasteiger partial charge in [0.05, 0.1) is 5.69 Å². The highest BCUT2D eigenvalue weighted by molar-refractivity contribution is 7.12. The van der Waals surface area contributed by atoms with Crippen molar-refractivity contribution in [3.05, 3.63) is 46.3 Å². The topological polar surface area (TPSA) is 56.0 Å². The summed E-state index contributed by atoms with van der Waals surface area (Å²) in [5.41, 5.74) is 7.09. The van der Waals surface area contributed by atoms with Gasteiger partial charge in [0.25, 0.3) is 0 Å². The van der Waals surface area contributed by atoms with E-state index >= 15 is 0 Å². The average Bonchev–Trinajstić information content (AvgIpc) is 2.69. The molecule has 0 fully saturated rings. The number of aryl methyl sites for hydroxylation is 1. The molecular weight excluding hydrogens is 232 g/mol. The van der Waals surface area contributed by atoms with E-state index in [1.165, 1.54) is 6.08 Å². The molecule has 0 saturated carbocycles. The molecular formula is C13H12N2OS. The van der Waals surface area contributed by atoms with Crippen molar-refractivity contribution in [3.8, 4) is 11.3 Å². The van der Waals surface area contributed by atoms with Crippen LogP contribution in [0.5, 0.6) is 0 Å². The van der Waals surface area contributed by atoms with Crippen LogP contribution in [-0.4, -0.2) is 10.9 Å². The minimum atomic E-state index is -0.459. The van der Waals surface area contributed by atoms with Gasteiger partial charge in [0.1, 0.15) is 5.01 Å². The first-order valence-corrected chi connectivity index (χ1v) is 5.99. The summed E-state index contributed by atoms with van der Waals surface area (Å²) in [5.74, 6) is -0.459. The normalized spacial score (nSPS) is 10.9. The summed E-state index contributed by atoms with van der Waals surface area (Å²) in [6, 6.07) is 9.96. The number of benzene rings is 1. The van der Waals surface area contributed by atoms with Crippen molar-refractivity contribution in [2.45, 2.75) is 6.92 Å². The van der Waals surface area contributed by atoms with Crippen LogP contribution in [-0.2, 0) is 4.79 Å². The van der Waals surface area contributed by atoms with Gasteiger partial charge >= 0.3 is 0 Å². The van der Waals surface area contributed by atoms with Gasteiger partial charge in [0.2, 0.25) is 5.91 Å². The third-order valence-electron chi connectivity index (χ3n) is 2.25. The predicted molar refractivity (Wildman–Crippen MR) is 70.5 cm³/mol. The molecule has 0 spiro atoms. The molecule has 17 heavy (non-hydrogen) atoms. The number of thiazole rings is 1. The van der Waals surface area contributed by atoms with Crippen LogP contribution in [0.25, 0.3) is 17.3 Å². The van der Waals surface area contributed by atoms with Crippen molar-refractivity contribution in [2.24, 2.45) is 5.73 Å². The van der Waals surface area contributed by atoms with Crippen LogP contribution in [0.1, 0.15) is 9.88 Å². The zero-order chi connectivity index (χ0) is 12.3. The van der Waals surface area contributed by atoms with Gasteiger partial charge < -0.3 is 5.73 Å². The van der Waals surface area contributed by atoms with Gasteiger partial charge in [0.15, 0.2) is 0 Å². The molecule has 3 nitrogen and oxygen atoms in total. The zero-order valence-corrected chi connectivity index (χ0v) is 10.2. The molecule has 1 amide bonds. The fourth-order valence-corrected chi connectivity index (χ4v) is 2.35. The Kier molecular flexibility index (Phi) is 3.35. The van der Waals surface area contributed by atoms with E-state index < -0.39 is 5.91 Å². The van der Waals surface area contributed by atoms with E-state index in [2.05, 4.69) is 4.98 Å². The summed E-state index contributed by atoms with van der Waals surface area (Å²) >= 11 is 1.55. The lowest BCUT2D eigenvalue weighted by atomic mass is 10.1. The van der Waals surface area contributed by atoms with E-state index in [1.54, 1.807) is 17.4 Å². The van der Waals surface area contributed by atoms with Crippen LogP contribution >= 0.6 is 11.3 Å². The van der Waals surface area contributed by atoms with Crippen LogP contribution in [0.4, 0.5) is 0 Å². The molecule has 0 aliphatic heterocycles. The lowest BCUT2D eigenvalue weighted by molar-refractivity contribution is -0.113. The maximum absolute atomic E-state index is 10.6. The number of nitrogens with zero attached hydrogens (tertiary/aromatic N) is 1. The van der Waals surface area contributed by atoms with E-state index in [9.17, 15) is 4.79 Å². The van der Waals surface area contributed by atoms with Gasteiger partial charge in [-0.15, -0.1) is 11.3 Å². The molecule has 0 unspecified atom stereocenters. The largest absolute Gasteiger partial charge is 0.366 e. The first-order chi connectivity index (χ1) is 8.16. The lowest BCUT2D eigenvalue weighted by Crippen LogP contribution is -2.04. The minimum absolute atomic E-state index is 0.459. The molecule has 1 heterocycles. The Morgan fingerprint density at radius 3 is 2.71 bits per heavy atom. The Bertz CT molecular complexity index is 558. The summed E-state index contributed by atoms with van der Waals surface area (Å²) in [6.07, 6.45) is 2.97. The summed E-state index contributed by atoms with van der Waals surface area (Å²) in [5, 5.41) is 0.792. The summed E-state index contributed by atoms with van der Waals surface area (Å²) < 4.78 is 0. The second-order valence-corrected chi connectivity index (χ2v) is 4.79. The third kappa shape index (κ3) is 2.79. The minimum Gasteiger partial charge on any atom is -0.366 e. The molecule has 1 aromatic carbocycles. The van der Waals surface area contributed by atoms with Crippen molar-refractivity contribution in [3.63, 3.8) is 0 Å². The standard InChI is InChI=1S/C13H12N2OS/c1-9-13(10-5-3-2-4-6-10)15-12(17-9)8-7-11(14)16/h2-8H,1H3,(H2,14,16). The molecule has 0 atom stereocenters. The molecule has 2 aromatic rings. The molecule has 0 bridgehead atoms. The van der Waals surface area contributed by atoms with Crippen LogP contribution in [0.3, 0.4) is 0 Å². The second-order valence-electron chi connectivity index (χ2n) is 3.56. The van der Waals surface area contributed by atoms with Crippen LogP contribution < -0.4 is 5.73 Å². The first kappa shape index (κ1) is 11.5. The number of nitrogens with two attached hydrogens (primary N) is 1. The Labute approximate surface area is 104 Å². The quantitative estimate of drug-likeness (QED) is 0.844. The van der Waals surface area contributed by atoms with E-state index in [-0.39, 0.29) is 0 Å². The highest BCUT2D eigenvalue weighted by Gasteiger charge is 2.07. The fourth-order valence-electron chi connectivity index (χ4n) is 1.51. The molecule has 2 rings (SSSR count). The number of rotatable bonds is 3. The van der Waals surface area contributed by atoms with Crippen molar-refractivity contribution in [1.82, 2.24) is 4.98 Å². The van der Waals surface area contributed by atoms with Gasteiger partial charge in [-0.05, 0) is 13.0 Å². The third-order valence-corrected chi connectivity index (χ3v) is 3.19. The number of carbonyl (C=O) groups is 1. The van der Waals surface area contributed by atoms with E-state index in [1.807, 2.05) is 37.3 Å². The SMILES string of the molecule is Cc1sc(C=CC(N)=O)nc1-c1ccccc1. The highest BCUT2D eigenvalue weighted by atomic mass is 32.1. The molecule has 4 heteroatoms. The van der Waals surface area contributed by atoms with Gasteiger partial charge in [-0.1, -0.05) is 30.3 Å². The van der Waals surface area contributed by atoms with Gasteiger partial charge in [-0.25, -0.2) is 4.98 Å². The van der Waals surface area contributed by atoms with Crippen molar-refractivity contribution >= 4 is 23.3 Å². The predicted octanol–water partition coefficient (Wildman–Crippen LogP) is 2.62. The Hall–Kier alpha value is -1.94. The summed E-state index contributed by atoms with van der Waals surface area (Å²) in [6.45, 7) is 2.02. The number of primary amides is 1. The van der Waals surface area contributed by atoms with Crippen molar-refractivity contribution < 1.29 is 4.79 Å². The second kappa shape index (κ2) is 4.93. The van der Waals surface area contributed by atoms with Crippen LogP contribution in [0, 0.1) is 6.92 Å². The van der Waals surface area contributed by atoms with Crippen LogP contribution in [0.15, 0.2) is 36.4 Å². The molecule has 0 aliphatic carbocycles. The van der Waals surface area contributed by atoms with Crippen molar-refractivity contribution in [2.75, 3.05) is 0 Å². The number of carbonyl (C=O) groups excluding carboxylic acids is 1. The van der Waals surface area contributed by atoms with E-state index in [0.29, 0.717) is 0 Å². The smallest absolute Gasteiger partial charge is 0.241 e. The van der Waals surface area contributed by atoms with Gasteiger partial charge in [0, 0.05) is 16.5 Å². The molecule has 86 valence electrons. The Balaban J connectivity index is 2.35. The molecule has 0 radical (unpaired) electrons. The lowest BCUT2D eigenvalue weighted by Gasteiger charge is -1.96. The van der Waals surface area contributed by atoms with Crippen molar-refractivity contribution in [1.29, 1.82) is 0 Å². The highest BCUT2D eigenvalue weighted by Crippen LogP contribution is 2.27. The molecule has 2 N–H and O–H groups in total. The number of hydrogen-bond donors (Lipinski definition) is 1. The number of hydrogen-bond acceptors (Lipinski definition) is 3. The van der Waals surface area contributed by atoms with Gasteiger partial charge in [-0.3, -0.25) is 4.79 Å². The van der Waals surface area contributed by atoms with Gasteiger partial charge in [-0.2, -0.15) is 0 Å². The monoisotopic (exact) mass is 244 g/mol. The zero-order valence-electron chi connectivity index (χ0n) is 9.38. The molecule has 0 aliphatic rings. The maximum atomic E-state index is 10.6. The molecule has 0 saturated heterocycles. The Morgan fingerprint density at radius 2 is 2.06 bits per heavy atom. The van der Waals surface area contributed by atoms with E-state index in [0.717, 1.165) is 21.1 Å². The number of amides is 1. The average molecular weight is 244 g/mol. The first-order valence-electron chi connectivity index (χ1n) is 5.17. The fraction of sp³-hybridized carbons (Fsp3) is 0.0769. The maximum Gasteiger partial charge on any atom is 0.241 e.